The minimum Gasteiger partial charge on any atom is -0.393 e. The fourth-order valence-electron chi connectivity index (χ4n) is 3.81. The lowest BCUT2D eigenvalue weighted by Gasteiger charge is -2.32. The third-order valence-corrected chi connectivity index (χ3v) is 4.85. The van der Waals surface area contributed by atoms with E-state index in [0.717, 1.165) is 31.7 Å². The van der Waals surface area contributed by atoms with E-state index in [9.17, 15) is 4.79 Å². The highest BCUT2D eigenvalue weighted by atomic mass is 16.3. The fourth-order valence-corrected chi connectivity index (χ4v) is 3.81. The summed E-state index contributed by atoms with van der Waals surface area (Å²) in [4.78, 5) is 12.0. The molecular formula is C13H21NO2. The molecule has 0 spiro atoms. The van der Waals surface area contributed by atoms with Crippen molar-refractivity contribution in [1.29, 1.82) is 0 Å². The Balaban J connectivity index is 1.43. The lowest BCUT2D eigenvalue weighted by Crippen LogP contribution is -2.41. The molecule has 0 aromatic rings. The smallest absolute Gasteiger partial charge is 0.223 e. The minimum atomic E-state index is -0.107. The first-order valence-electron chi connectivity index (χ1n) is 6.68. The highest BCUT2D eigenvalue weighted by Gasteiger charge is 2.43. The second-order valence-electron chi connectivity index (χ2n) is 6.02. The molecule has 3 unspecified atom stereocenters. The van der Waals surface area contributed by atoms with E-state index >= 15 is 0 Å². The summed E-state index contributed by atoms with van der Waals surface area (Å²) in [5.74, 6) is 2.64. The summed E-state index contributed by atoms with van der Waals surface area (Å²) in [5, 5.41) is 12.3. The van der Waals surface area contributed by atoms with Gasteiger partial charge in [-0.15, -0.1) is 0 Å². The molecule has 0 heterocycles. The summed E-state index contributed by atoms with van der Waals surface area (Å²) in [6, 6.07) is 0. The van der Waals surface area contributed by atoms with Crippen molar-refractivity contribution in [3.8, 4) is 0 Å². The zero-order valence-corrected chi connectivity index (χ0v) is 9.69. The molecule has 16 heavy (non-hydrogen) atoms. The second-order valence-corrected chi connectivity index (χ2v) is 6.02. The molecule has 3 heteroatoms. The molecule has 2 N–H and O–H groups in total. The van der Waals surface area contributed by atoms with Crippen molar-refractivity contribution in [1.82, 2.24) is 5.32 Å². The van der Waals surface area contributed by atoms with E-state index < -0.39 is 0 Å². The van der Waals surface area contributed by atoms with E-state index in [1.807, 2.05) is 0 Å². The molecule has 0 aliphatic heterocycles. The van der Waals surface area contributed by atoms with Gasteiger partial charge in [-0.2, -0.15) is 0 Å². The van der Waals surface area contributed by atoms with E-state index in [-0.39, 0.29) is 12.0 Å². The Bertz CT molecular complexity index is 286. The molecular weight excluding hydrogens is 202 g/mol. The van der Waals surface area contributed by atoms with Gasteiger partial charge in [-0.1, -0.05) is 6.42 Å². The molecule has 3 aliphatic rings. The topological polar surface area (TPSA) is 49.3 Å². The SMILES string of the molecule is O=C(NCC1CC(O)C1)C1CC2CCC1C2. The van der Waals surface area contributed by atoms with Crippen LogP contribution in [0.1, 0.15) is 38.5 Å². The second kappa shape index (κ2) is 4.02. The van der Waals surface area contributed by atoms with Crippen LogP contribution in [0.5, 0.6) is 0 Å². The van der Waals surface area contributed by atoms with Crippen molar-refractivity contribution in [3.05, 3.63) is 0 Å². The van der Waals surface area contributed by atoms with Gasteiger partial charge in [-0.05, 0) is 49.9 Å². The van der Waals surface area contributed by atoms with Gasteiger partial charge < -0.3 is 10.4 Å². The van der Waals surface area contributed by atoms with Crippen molar-refractivity contribution in [2.75, 3.05) is 6.54 Å². The molecule has 3 saturated carbocycles. The molecule has 3 nitrogen and oxygen atoms in total. The van der Waals surface area contributed by atoms with Gasteiger partial charge >= 0.3 is 0 Å². The van der Waals surface area contributed by atoms with E-state index in [0.29, 0.717) is 17.8 Å². The van der Waals surface area contributed by atoms with Gasteiger partial charge in [0.15, 0.2) is 0 Å². The third-order valence-electron chi connectivity index (χ3n) is 4.85. The average molecular weight is 223 g/mol. The number of carbonyl (C=O) groups excluding carboxylic acids is 1. The number of nitrogens with one attached hydrogen (secondary N) is 1. The van der Waals surface area contributed by atoms with Crippen LogP contribution in [0.3, 0.4) is 0 Å². The van der Waals surface area contributed by atoms with Crippen molar-refractivity contribution < 1.29 is 9.90 Å². The van der Waals surface area contributed by atoms with E-state index in [2.05, 4.69) is 5.32 Å². The summed E-state index contributed by atoms with van der Waals surface area (Å²) in [5.41, 5.74) is 0. The highest BCUT2D eigenvalue weighted by molar-refractivity contribution is 5.79. The molecule has 3 atom stereocenters. The average Bonchev–Trinajstić information content (AvgIpc) is 2.83. The number of hydrogen-bond donors (Lipinski definition) is 2. The van der Waals surface area contributed by atoms with Crippen LogP contribution in [0.4, 0.5) is 0 Å². The van der Waals surface area contributed by atoms with Gasteiger partial charge in [0.05, 0.1) is 6.10 Å². The van der Waals surface area contributed by atoms with Crippen LogP contribution in [0.25, 0.3) is 0 Å². The number of aliphatic hydroxyl groups excluding tert-OH is 1. The van der Waals surface area contributed by atoms with Gasteiger partial charge in [0, 0.05) is 12.5 Å². The maximum atomic E-state index is 12.0. The van der Waals surface area contributed by atoms with Gasteiger partial charge in [0.1, 0.15) is 0 Å². The maximum Gasteiger partial charge on any atom is 0.223 e. The van der Waals surface area contributed by atoms with Crippen molar-refractivity contribution in [2.45, 2.75) is 44.6 Å². The maximum absolute atomic E-state index is 12.0. The van der Waals surface area contributed by atoms with Gasteiger partial charge in [-0.3, -0.25) is 4.79 Å². The zero-order chi connectivity index (χ0) is 11.1. The van der Waals surface area contributed by atoms with E-state index in [4.69, 9.17) is 5.11 Å². The summed E-state index contributed by atoms with van der Waals surface area (Å²) in [7, 11) is 0. The van der Waals surface area contributed by atoms with Crippen LogP contribution in [0, 0.1) is 23.7 Å². The fraction of sp³-hybridized carbons (Fsp3) is 0.923. The lowest BCUT2D eigenvalue weighted by molar-refractivity contribution is -0.127. The van der Waals surface area contributed by atoms with Gasteiger partial charge in [-0.25, -0.2) is 0 Å². The van der Waals surface area contributed by atoms with Crippen LogP contribution >= 0.6 is 0 Å². The Morgan fingerprint density at radius 1 is 1.19 bits per heavy atom. The molecule has 3 fully saturated rings. The number of hydrogen-bond acceptors (Lipinski definition) is 2. The van der Waals surface area contributed by atoms with Crippen LogP contribution in [-0.4, -0.2) is 23.7 Å². The van der Waals surface area contributed by atoms with Gasteiger partial charge in [0.2, 0.25) is 5.91 Å². The quantitative estimate of drug-likeness (QED) is 0.758. The lowest BCUT2D eigenvalue weighted by atomic mass is 9.82. The molecule has 3 aliphatic carbocycles. The largest absolute Gasteiger partial charge is 0.393 e. The van der Waals surface area contributed by atoms with Crippen molar-refractivity contribution >= 4 is 5.91 Å². The molecule has 0 radical (unpaired) electrons. The van der Waals surface area contributed by atoms with Crippen LogP contribution in [0.15, 0.2) is 0 Å². The molecule has 0 aromatic carbocycles. The number of aliphatic hydroxyl groups is 1. The predicted molar refractivity (Wildman–Crippen MR) is 60.7 cm³/mol. The molecule has 3 rings (SSSR count). The first-order chi connectivity index (χ1) is 7.72. The number of amides is 1. The Labute approximate surface area is 96.6 Å². The predicted octanol–water partition coefficient (Wildman–Crippen LogP) is 1.31. The molecule has 0 aromatic heterocycles. The van der Waals surface area contributed by atoms with E-state index in [1.165, 1.54) is 19.3 Å². The van der Waals surface area contributed by atoms with Crippen molar-refractivity contribution in [2.24, 2.45) is 23.7 Å². The van der Waals surface area contributed by atoms with Crippen LogP contribution < -0.4 is 5.32 Å². The zero-order valence-electron chi connectivity index (χ0n) is 9.69. The minimum absolute atomic E-state index is 0.107. The number of rotatable bonds is 3. The standard InChI is InChI=1S/C13H21NO2/c15-11-4-9(5-11)7-14-13(16)12-6-8-1-2-10(12)3-8/h8-12,15H,1-7H2,(H,14,16). The highest BCUT2D eigenvalue weighted by Crippen LogP contribution is 2.48. The molecule has 2 bridgehead atoms. The first-order valence-corrected chi connectivity index (χ1v) is 6.68. The Morgan fingerprint density at radius 3 is 2.56 bits per heavy atom. The normalized spacial score (nSPS) is 45.4. The van der Waals surface area contributed by atoms with Crippen LogP contribution in [-0.2, 0) is 4.79 Å². The number of fused-ring (bicyclic) bond motifs is 2. The third kappa shape index (κ3) is 1.86. The molecule has 0 saturated heterocycles. The summed E-state index contributed by atoms with van der Waals surface area (Å²) in [6.45, 7) is 0.782. The van der Waals surface area contributed by atoms with Gasteiger partial charge in [0.25, 0.3) is 0 Å². The van der Waals surface area contributed by atoms with Crippen molar-refractivity contribution in [3.63, 3.8) is 0 Å². The number of carbonyl (C=O) groups is 1. The summed E-state index contributed by atoms with van der Waals surface area (Å²) in [6.07, 6.45) is 6.68. The summed E-state index contributed by atoms with van der Waals surface area (Å²) < 4.78 is 0. The molecule has 1 amide bonds. The van der Waals surface area contributed by atoms with Crippen LogP contribution in [0.2, 0.25) is 0 Å². The summed E-state index contributed by atoms with van der Waals surface area (Å²) >= 11 is 0. The first kappa shape index (κ1) is 10.6. The van der Waals surface area contributed by atoms with E-state index in [1.54, 1.807) is 0 Å². The Hall–Kier alpha value is -0.570. The monoisotopic (exact) mass is 223 g/mol. The Morgan fingerprint density at radius 2 is 2.00 bits per heavy atom. The molecule has 90 valence electrons. The Kier molecular flexibility index (Phi) is 2.66.